The number of aliphatic hydroxyl groups excluding tert-OH is 1. The van der Waals surface area contributed by atoms with Crippen molar-refractivity contribution in [2.24, 2.45) is 0 Å². The lowest BCUT2D eigenvalue weighted by Crippen LogP contribution is -2.15. The van der Waals surface area contributed by atoms with E-state index in [-0.39, 0.29) is 12.5 Å². The van der Waals surface area contributed by atoms with Crippen LogP contribution in [0.4, 0.5) is 0 Å². The van der Waals surface area contributed by atoms with Crippen molar-refractivity contribution in [2.45, 2.75) is 5.92 Å². The third kappa shape index (κ3) is 3.45. The van der Waals surface area contributed by atoms with E-state index < -0.39 is 0 Å². The van der Waals surface area contributed by atoms with Crippen molar-refractivity contribution >= 4 is 0 Å². The first kappa shape index (κ1) is 13.4. The predicted octanol–water partition coefficient (Wildman–Crippen LogP) is 2.25. The Balaban J connectivity index is 2.04. The van der Waals surface area contributed by atoms with Gasteiger partial charge in [-0.3, -0.25) is 4.98 Å². The van der Waals surface area contributed by atoms with Gasteiger partial charge in [-0.05, 0) is 24.3 Å². The molecule has 0 saturated heterocycles. The first-order chi connectivity index (χ1) is 9.35. The van der Waals surface area contributed by atoms with Gasteiger partial charge in [-0.15, -0.1) is 0 Å². The normalized spacial score (nSPS) is 11.9. The second kappa shape index (κ2) is 6.75. The van der Waals surface area contributed by atoms with Gasteiger partial charge in [-0.2, -0.15) is 0 Å². The van der Waals surface area contributed by atoms with E-state index in [1.54, 1.807) is 13.3 Å². The summed E-state index contributed by atoms with van der Waals surface area (Å²) in [6.07, 6.45) is 1.71. The summed E-state index contributed by atoms with van der Waals surface area (Å²) in [5, 5.41) is 9.43. The van der Waals surface area contributed by atoms with Gasteiger partial charge < -0.3 is 14.6 Å². The minimum Gasteiger partial charge on any atom is -0.493 e. The molecule has 19 heavy (non-hydrogen) atoms. The van der Waals surface area contributed by atoms with E-state index in [1.807, 2.05) is 42.5 Å². The number of hydrogen-bond acceptors (Lipinski definition) is 4. The third-order valence-corrected chi connectivity index (χ3v) is 2.84. The van der Waals surface area contributed by atoms with E-state index in [2.05, 4.69) is 4.98 Å². The van der Waals surface area contributed by atoms with Crippen molar-refractivity contribution in [3.63, 3.8) is 0 Å². The van der Waals surface area contributed by atoms with Crippen LogP contribution in [0.5, 0.6) is 11.5 Å². The van der Waals surface area contributed by atoms with Gasteiger partial charge in [0.25, 0.3) is 0 Å². The number of para-hydroxylation sites is 2. The average molecular weight is 259 g/mol. The Hall–Kier alpha value is -2.07. The van der Waals surface area contributed by atoms with Gasteiger partial charge in [0.2, 0.25) is 0 Å². The number of aromatic nitrogens is 1. The van der Waals surface area contributed by atoms with Crippen molar-refractivity contribution in [3.05, 3.63) is 54.4 Å². The van der Waals surface area contributed by atoms with Crippen LogP contribution >= 0.6 is 0 Å². The van der Waals surface area contributed by atoms with E-state index in [1.165, 1.54) is 0 Å². The first-order valence-corrected chi connectivity index (χ1v) is 6.12. The summed E-state index contributed by atoms with van der Waals surface area (Å²) in [6.45, 7) is 0.347. The van der Waals surface area contributed by atoms with E-state index in [0.29, 0.717) is 18.1 Å². The van der Waals surface area contributed by atoms with E-state index in [0.717, 1.165) is 5.69 Å². The Morgan fingerprint density at radius 1 is 1.11 bits per heavy atom. The zero-order valence-corrected chi connectivity index (χ0v) is 10.8. The fourth-order valence-corrected chi connectivity index (χ4v) is 1.78. The molecule has 0 spiro atoms. The maximum Gasteiger partial charge on any atom is 0.161 e. The highest BCUT2D eigenvalue weighted by Crippen LogP contribution is 2.27. The van der Waals surface area contributed by atoms with Crippen LogP contribution in [0.2, 0.25) is 0 Å². The Morgan fingerprint density at radius 3 is 2.47 bits per heavy atom. The molecule has 1 heterocycles. The highest BCUT2D eigenvalue weighted by Gasteiger charge is 2.13. The van der Waals surface area contributed by atoms with E-state index in [9.17, 15) is 5.11 Å². The van der Waals surface area contributed by atoms with E-state index >= 15 is 0 Å². The van der Waals surface area contributed by atoms with Crippen molar-refractivity contribution < 1.29 is 14.6 Å². The summed E-state index contributed by atoms with van der Waals surface area (Å²) in [4.78, 5) is 4.23. The molecule has 4 nitrogen and oxygen atoms in total. The van der Waals surface area contributed by atoms with Gasteiger partial charge in [0.05, 0.1) is 26.2 Å². The van der Waals surface area contributed by atoms with E-state index in [4.69, 9.17) is 9.47 Å². The zero-order chi connectivity index (χ0) is 13.5. The van der Waals surface area contributed by atoms with Crippen LogP contribution in [0.1, 0.15) is 11.6 Å². The Bertz CT molecular complexity index is 502. The van der Waals surface area contributed by atoms with Crippen molar-refractivity contribution in [3.8, 4) is 11.5 Å². The quantitative estimate of drug-likeness (QED) is 0.864. The maximum absolute atomic E-state index is 9.43. The number of nitrogens with zero attached hydrogens (tertiary/aromatic N) is 1. The molecule has 0 aliphatic carbocycles. The molecular weight excluding hydrogens is 242 g/mol. The molecule has 0 bridgehead atoms. The molecular formula is C15H17NO3. The molecule has 0 aliphatic heterocycles. The van der Waals surface area contributed by atoms with Crippen LogP contribution in [0, 0.1) is 0 Å². The molecule has 0 saturated carbocycles. The molecule has 1 aromatic carbocycles. The lowest BCUT2D eigenvalue weighted by molar-refractivity contribution is 0.198. The average Bonchev–Trinajstić information content (AvgIpc) is 2.49. The fourth-order valence-electron chi connectivity index (χ4n) is 1.78. The summed E-state index contributed by atoms with van der Waals surface area (Å²) < 4.78 is 10.9. The van der Waals surface area contributed by atoms with Crippen LogP contribution < -0.4 is 9.47 Å². The highest BCUT2D eigenvalue weighted by atomic mass is 16.5. The lowest BCUT2D eigenvalue weighted by Gasteiger charge is -2.16. The number of benzene rings is 1. The van der Waals surface area contributed by atoms with Gasteiger partial charge in [-0.25, -0.2) is 0 Å². The molecule has 0 fully saturated rings. The van der Waals surface area contributed by atoms with Gasteiger partial charge in [0.15, 0.2) is 11.5 Å². The predicted molar refractivity (Wildman–Crippen MR) is 72.6 cm³/mol. The number of hydrogen-bond donors (Lipinski definition) is 1. The van der Waals surface area contributed by atoms with Crippen LogP contribution in [-0.2, 0) is 0 Å². The molecule has 2 aromatic rings. The number of rotatable bonds is 6. The Kier molecular flexibility index (Phi) is 4.75. The van der Waals surface area contributed by atoms with Gasteiger partial charge in [-0.1, -0.05) is 18.2 Å². The molecule has 1 atom stereocenters. The van der Waals surface area contributed by atoms with Gasteiger partial charge >= 0.3 is 0 Å². The monoisotopic (exact) mass is 259 g/mol. The molecule has 0 radical (unpaired) electrons. The second-order valence-corrected chi connectivity index (χ2v) is 4.10. The lowest BCUT2D eigenvalue weighted by atomic mass is 10.1. The first-order valence-electron chi connectivity index (χ1n) is 6.12. The summed E-state index contributed by atoms with van der Waals surface area (Å²) in [6, 6.07) is 13.1. The fraction of sp³-hybridized carbons (Fsp3) is 0.267. The number of methoxy groups -OCH3 is 1. The summed E-state index contributed by atoms with van der Waals surface area (Å²) in [7, 11) is 1.60. The van der Waals surface area contributed by atoms with Crippen molar-refractivity contribution in [2.75, 3.05) is 20.3 Å². The standard InChI is InChI=1S/C15H17NO3/c1-18-14-7-2-3-8-15(14)19-11-12(10-17)13-6-4-5-9-16-13/h2-9,12,17H,10-11H2,1H3. The second-order valence-electron chi connectivity index (χ2n) is 4.10. The summed E-state index contributed by atoms with van der Waals surface area (Å²) >= 11 is 0. The maximum atomic E-state index is 9.43. The summed E-state index contributed by atoms with van der Waals surface area (Å²) in [5.41, 5.74) is 0.819. The largest absolute Gasteiger partial charge is 0.493 e. The Labute approximate surface area is 112 Å². The minimum atomic E-state index is -0.147. The number of pyridine rings is 1. The molecule has 0 amide bonds. The van der Waals surface area contributed by atoms with Crippen molar-refractivity contribution in [1.29, 1.82) is 0 Å². The van der Waals surface area contributed by atoms with Gasteiger partial charge in [0, 0.05) is 11.9 Å². The highest BCUT2D eigenvalue weighted by molar-refractivity contribution is 5.39. The molecule has 4 heteroatoms. The smallest absolute Gasteiger partial charge is 0.161 e. The molecule has 100 valence electrons. The van der Waals surface area contributed by atoms with Crippen LogP contribution in [0.25, 0.3) is 0 Å². The van der Waals surface area contributed by atoms with Crippen LogP contribution in [0.15, 0.2) is 48.7 Å². The number of aliphatic hydroxyl groups is 1. The SMILES string of the molecule is COc1ccccc1OCC(CO)c1ccccn1. The molecule has 0 aliphatic rings. The third-order valence-electron chi connectivity index (χ3n) is 2.84. The van der Waals surface area contributed by atoms with Crippen LogP contribution in [0.3, 0.4) is 0 Å². The minimum absolute atomic E-state index is 0.00778. The molecule has 2 rings (SSSR count). The Morgan fingerprint density at radius 2 is 1.84 bits per heavy atom. The molecule has 1 unspecified atom stereocenters. The molecule has 1 N–H and O–H groups in total. The van der Waals surface area contributed by atoms with Gasteiger partial charge in [0.1, 0.15) is 0 Å². The number of ether oxygens (including phenoxy) is 2. The molecule has 1 aromatic heterocycles. The topological polar surface area (TPSA) is 51.6 Å². The van der Waals surface area contributed by atoms with Crippen molar-refractivity contribution in [1.82, 2.24) is 4.98 Å². The van der Waals surface area contributed by atoms with Crippen LogP contribution in [-0.4, -0.2) is 30.4 Å². The zero-order valence-electron chi connectivity index (χ0n) is 10.8. The summed E-state index contributed by atoms with van der Waals surface area (Å²) in [5.74, 6) is 1.20.